The average Bonchev–Trinajstić information content (AvgIpc) is 2.46. The summed E-state index contributed by atoms with van der Waals surface area (Å²) < 4.78 is 28.8. The van der Waals surface area contributed by atoms with Gasteiger partial charge in [-0.05, 0) is 35.9 Å². The third-order valence-corrected chi connectivity index (χ3v) is 3.79. The van der Waals surface area contributed by atoms with Crippen LogP contribution in [0.1, 0.15) is 15.9 Å². The van der Waals surface area contributed by atoms with Crippen LogP contribution in [0.3, 0.4) is 0 Å². The number of para-hydroxylation sites is 1. The summed E-state index contributed by atoms with van der Waals surface area (Å²) in [6.07, 6.45) is 1.36. The fourth-order valence-electron chi connectivity index (χ4n) is 1.63. The number of halogens is 1. The van der Waals surface area contributed by atoms with Crippen LogP contribution in [-0.4, -0.2) is 14.3 Å². The zero-order chi connectivity index (χ0) is 16.2. The molecule has 0 spiro atoms. The highest BCUT2D eigenvalue weighted by Gasteiger charge is 2.14. The van der Waals surface area contributed by atoms with E-state index in [4.69, 9.17) is 21.5 Å². The van der Waals surface area contributed by atoms with Crippen LogP contribution in [0, 0.1) is 0 Å². The number of hydrogen-bond acceptors (Lipinski definition) is 4. The Kier molecular flexibility index (Phi) is 4.85. The molecule has 0 unspecified atom stereocenters. The molecule has 2 aromatic carbocycles. The van der Waals surface area contributed by atoms with Gasteiger partial charge in [-0.3, -0.25) is 4.79 Å². The zero-order valence-corrected chi connectivity index (χ0v) is 12.8. The fraction of sp³-hybridized carbons (Fsp3) is 0. The number of rotatable bonds is 5. The number of nitrogens with two attached hydrogens (primary N) is 1. The van der Waals surface area contributed by atoms with E-state index in [1.165, 1.54) is 18.2 Å². The summed E-state index contributed by atoms with van der Waals surface area (Å²) in [5.74, 6) is -0.886. The molecule has 2 rings (SSSR count). The minimum Gasteiger partial charge on any atom is -0.379 e. The molecule has 0 fully saturated rings. The van der Waals surface area contributed by atoms with E-state index in [0.717, 1.165) is 5.41 Å². The van der Waals surface area contributed by atoms with Crippen LogP contribution in [0.4, 0.5) is 0 Å². The predicted molar refractivity (Wildman–Crippen MR) is 85.0 cm³/mol. The van der Waals surface area contributed by atoms with Crippen LogP contribution < -0.4 is 9.92 Å². The van der Waals surface area contributed by atoms with Crippen molar-refractivity contribution in [1.29, 1.82) is 0 Å². The Bertz CT molecular complexity index is 814. The predicted octanol–water partition coefficient (Wildman–Crippen LogP) is 2.82. The molecule has 0 aromatic heterocycles. The standard InChI is InChI=1S/C15H12ClNO4S/c16-12-7-5-11(6-8-12)9-10-22(19,20)21-14-4-2-1-3-13(14)15(17)18/h1-10H,(H2,17,18)/b10-9+. The van der Waals surface area contributed by atoms with Crippen LogP contribution >= 0.6 is 11.6 Å². The minimum atomic E-state index is -4.02. The van der Waals surface area contributed by atoms with E-state index in [2.05, 4.69) is 0 Å². The number of primary amides is 1. The molecule has 7 heteroatoms. The number of benzene rings is 2. The van der Waals surface area contributed by atoms with Crippen molar-refractivity contribution in [2.45, 2.75) is 0 Å². The van der Waals surface area contributed by atoms with E-state index < -0.39 is 16.0 Å². The SMILES string of the molecule is NC(=O)c1ccccc1OS(=O)(=O)/C=C/c1ccc(Cl)cc1. The topological polar surface area (TPSA) is 86.5 Å². The molecule has 114 valence electrons. The molecule has 0 heterocycles. The smallest absolute Gasteiger partial charge is 0.332 e. The van der Waals surface area contributed by atoms with Gasteiger partial charge in [-0.1, -0.05) is 35.9 Å². The van der Waals surface area contributed by atoms with Crippen molar-refractivity contribution < 1.29 is 17.4 Å². The number of carbonyl (C=O) groups excluding carboxylic acids is 1. The Balaban J connectivity index is 2.21. The van der Waals surface area contributed by atoms with Crippen molar-refractivity contribution in [3.63, 3.8) is 0 Å². The van der Waals surface area contributed by atoms with Gasteiger partial charge in [0.1, 0.15) is 0 Å². The molecule has 0 radical (unpaired) electrons. The second-order valence-corrected chi connectivity index (χ2v) is 6.15. The van der Waals surface area contributed by atoms with Crippen LogP contribution in [-0.2, 0) is 10.1 Å². The van der Waals surface area contributed by atoms with Gasteiger partial charge < -0.3 is 9.92 Å². The van der Waals surface area contributed by atoms with Crippen LogP contribution in [0.25, 0.3) is 6.08 Å². The van der Waals surface area contributed by atoms with Crippen molar-refractivity contribution in [3.8, 4) is 5.75 Å². The van der Waals surface area contributed by atoms with Crippen molar-refractivity contribution in [2.75, 3.05) is 0 Å². The van der Waals surface area contributed by atoms with Crippen molar-refractivity contribution >= 4 is 33.7 Å². The van der Waals surface area contributed by atoms with Gasteiger partial charge in [0.05, 0.1) is 11.0 Å². The van der Waals surface area contributed by atoms with Gasteiger partial charge in [0.25, 0.3) is 5.91 Å². The maximum atomic E-state index is 11.9. The minimum absolute atomic E-state index is 0.00836. The summed E-state index contributed by atoms with van der Waals surface area (Å²) in [5.41, 5.74) is 5.80. The van der Waals surface area contributed by atoms with E-state index >= 15 is 0 Å². The Morgan fingerprint density at radius 3 is 2.36 bits per heavy atom. The third-order valence-electron chi connectivity index (χ3n) is 2.66. The maximum absolute atomic E-state index is 11.9. The zero-order valence-electron chi connectivity index (χ0n) is 11.3. The molecule has 0 atom stereocenters. The highest BCUT2D eigenvalue weighted by atomic mass is 35.5. The molecule has 0 saturated heterocycles. The van der Waals surface area contributed by atoms with Gasteiger partial charge in [0.2, 0.25) is 0 Å². The Morgan fingerprint density at radius 1 is 1.09 bits per heavy atom. The summed E-state index contributed by atoms with van der Waals surface area (Å²) in [6.45, 7) is 0. The fourth-order valence-corrected chi connectivity index (χ4v) is 2.53. The molecule has 2 N–H and O–H groups in total. The molecule has 0 bridgehead atoms. The molecule has 0 aliphatic heterocycles. The molecular formula is C15H12ClNO4S. The molecule has 0 aliphatic rings. The van der Waals surface area contributed by atoms with Crippen molar-refractivity contribution in [2.24, 2.45) is 5.73 Å². The van der Waals surface area contributed by atoms with Gasteiger partial charge in [-0.15, -0.1) is 0 Å². The first-order chi connectivity index (χ1) is 10.4. The van der Waals surface area contributed by atoms with Gasteiger partial charge in [-0.25, -0.2) is 0 Å². The lowest BCUT2D eigenvalue weighted by Gasteiger charge is -2.06. The van der Waals surface area contributed by atoms with Gasteiger partial charge >= 0.3 is 10.1 Å². The highest BCUT2D eigenvalue weighted by Crippen LogP contribution is 2.20. The number of carbonyl (C=O) groups is 1. The van der Waals surface area contributed by atoms with E-state index in [1.54, 1.807) is 36.4 Å². The summed E-state index contributed by atoms with van der Waals surface area (Å²) in [6, 6.07) is 12.4. The van der Waals surface area contributed by atoms with Gasteiger partial charge in [0, 0.05) is 5.02 Å². The molecule has 0 aliphatic carbocycles. The second kappa shape index (κ2) is 6.64. The summed E-state index contributed by atoms with van der Waals surface area (Å²) in [4.78, 5) is 11.2. The lowest BCUT2D eigenvalue weighted by Crippen LogP contribution is -2.14. The molecule has 5 nitrogen and oxygen atoms in total. The molecule has 2 aromatic rings. The van der Waals surface area contributed by atoms with E-state index in [0.29, 0.717) is 10.6 Å². The summed E-state index contributed by atoms with van der Waals surface area (Å²) in [7, 11) is -4.02. The molecular weight excluding hydrogens is 326 g/mol. The molecule has 22 heavy (non-hydrogen) atoms. The Labute approximate surface area is 133 Å². The lowest BCUT2D eigenvalue weighted by atomic mass is 10.2. The summed E-state index contributed by atoms with van der Waals surface area (Å²) >= 11 is 5.75. The first-order valence-electron chi connectivity index (χ1n) is 6.14. The number of hydrogen-bond donors (Lipinski definition) is 1. The van der Waals surface area contributed by atoms with E-state index in [9.17, 15) is 13.2 Å². The normalized spacial score (nSPS) is 11.5. The van der Waals surface area contributed by atoms with Crippen LogP contribution in [0.15, 0.2) is 53.9 Å². The van der Waals surface area contributed by atoms with E-state index in [1.807, 2.05) is 0 Å². The van der Waals surface area contributed by atoms with Crippen LogP contribution in [0.2, 0.25) is 5.02 Å². The first-order valence-corrected chi connectivity index (χ1v) is 7.99. The largest absolute Gasteiger partial charge is 0.379 e. The second-order valence-electron chi connectivity index (χ2n) is 4.29. The van der Waals surface area contributed by atoms with Gasteiger partial charge in [0.15, 0.2) is 5.75 Å². The lowest BCUT2D eigenvalue weighted by molar-refractivity contribution is 0.0999. The van der Waals surface area contributed by atoms with Crippen LogP contribution in [0.5, 0.6) is 5.75 Å². The summed E-state index contributed by atoms with van der Waals surface area (Å²) in [5, 5.41) is 1.44. The Hall–Kier alpha value is -2.31. The maximum Gasteiger partial charge on any atom is 0.332 e. The monoisotopic (exact) mass is 337 g/mol. The Morgan fingerprint density at radius 2 is 1.73 bits per heavy atom. The van der Waals surface area contributed by atoms with Crippen molar-refractivity contribution in [1.82, 2.24) is 0 Å². The molecule has 1 amide bonds. The first kappa shape index (κ1) is 16.1. The highest BCUT2D eigenvalue weighted by molar-refractivity contribution is 7.90. The third kappa shape index (κ3) is 4.34. The van der Waals surface area contributed by atoms with Crippen molar-refractivity contribution in [3.05, 3.63) is 70.1 Å². The van der Waals surface area contributed by atoms with Gasteiger partial charge in [-0.2, -0.15) is 8.42 Å². The number of amides is 1. The van der Waals surface area contributed by atoms with E-state index in [-0.39, 0.29) is 11.3 Å². The quantitative estimate of drug-likeness (QED) is 0.850. The average molecular weight is 338 g/mol. The molecule has 0 saturated carbocycles.